The zero-order chi connectivity index (χ0) is 14.8. The molecule has 0 spiro atoms. The molecule has 0 bridgehead atoms. The standard InChI is InChI=1S/C15H11N3O2S/c1-10-5-6-16-8-13(10)14-9-21-15(17-14)11-3-2-4-12(7-11)18(19)20/h2-9H,1H3. The lowest BCUT2D eigenvalue weighted by Crippen LogP contribution is -1.88. The quantitative estimate of drug-likeness (QED) is 0.539. The molecule has 3 aromatic rings. The Morgan fingerprint density at radius 1 is 1.29 bits per heavy atom. The Balaban J connectivity index is 2.01. The molecule has 0 saturated carbocycles. The number of nitrogens with zero attached hydrogens (tertiary/aromatic N) is 3. The molecule has 2 aromatic heterocycles. The lowest BCUT2D eigenvalue weighted by Gasteiger charge is -2.00. The van der Waals surface area contributed by atoms with E-state index in [1.165, 1.54) is 17.4 Å². The van der Waals surface area contributed by atoms with Crippen molar-refractivity contribution in [3.63, 3.8) is 0 Å². The van der Waals surface area contributed by atoms with Gasteiger partial charge < -0.3 is 0 Å². The van der Waals surface area contributed by atoms with Crippen LogP contribution in [0.4, 0.5) is 5.69 Å². The molecule has 3 rings (SSSR count). The maximum absolute atomic E-state index is 10.8. The Labute approximate surface area is 125 Å². The molecule has 0 saturated heterocycles. The molecule has 0 radical (unpaired) electrons. The minimum Gasteiger partial charge on any atom is -0.264 e. The Bertz CT molecular complexity index is 814. The first-order valence-corrected chi connectivity index (χ1v) is 7.14. The number of aryl methyl sites for hydroxylation is 1. The van der Waals surface area contributed by atoms with Gasteiger partial charge in [-0.15, -0.1) is 11.3 Å². The SMILES string of the molecule is Cc1ccncc1-c1csc(-c2cccc([N+](=O)[O-])c2)n1. The van der Waals surface area contributed by atoms with Crippen LogP contribution in [-0.4, -0.2) is 14.9 Å². The molecule has 0 aliphatic heterocycles. The second kappa shape index (κ2) is 5.41. The van der Waals surface area contributed by atoms with Crippen molar-refractivity contribution in [2.45, 2.75) is 6.92 Å². The third kappa shape index (κ3) is 2.66. The maximum Gasteiger partial charge on any atom is 0.270 e. The van der Waals surface area contributed by atoms with Crippen LogP contribution >= 0.6 is 11.3 Å². The van der Waals surface area contributed by atoms with Gasteiger partial charge in [0.15, 0.2) is 0 Å². The van der Waals surface area contributed by atoms with E-state index in [1.54, 1.807) is 24.5 Å². The number of nitro benzene ring substituents is 1. The molecule has 0 atom stereocenters. The van der Waals surface area contributed by atoms with E-state index in [1.807, 2.05) is 24.4 Å². The number of rotatable bonds is 3. The lowest BCUT2D eigenvalue weighted by atomic mass is 10.1. The van der Waals surface area contributed by atoms with Gasteiger partial charge in [0.2, 0.25) is 0 Å². The van der Waals surface area contributed by atoms with Crippen molar-refractivity contribution in [2.24, 2.45) is 0 Å². The molecule has 0 amide bonds. The summed E-state index contributed by atoms with van der Waals surface area (Å²) in [7, 11) is 0. The molecular formula is C15H11N3O2S. The zero-order valence-corrected chi connectivity index (χ0v) is 12.0. The van der Waals surface area contributed by atoms with Crippen LogP contribution in [0.25, 0.3) is 21.8 Å². The second-order valence-electron chi connectivity index (χ2n) is 4.54. The van der Waals surface area contributed by atoms with Crippen LogP contribution < -0.4 is 0 Å². The molecule has 0 N–H and O–H groups in total. The first kappa shape index (κ1) is 13.4. The molecular weight excluding hydrogens is 286 g/mol. The molecule has 21 heavy (non-hydrogen) atoms. The van der Waals surface area contributed by atoms with Crippen molar-refractivity contribution in [3.05, 3.63) is 63.8 Å². The number of hydrogen-bond donors (Lipinski definition) is 0. The van der Waals surface area contributed by atoms with E-state index in [0.29, 0.717) is 0 Å². The smallest absolute Gasteiger partial charge is 0.264 e. The highest BCUT2D eigenvalue weighted by molar-refractivity contribution is 7.13. The first-order valence-electron chi connectivity index (χ1n) is 6.26. The summed E-state index contributed by atoms with van der Waals surface area (Å²) in [6.07, 6.45) is 3.52. The van der Waals surface area contributed by atoms with Crippen LogP contribution in [0.1, 0.15) is 5.56 Å². The largest absolute Gasteiger partial charge is 0.270 e. The van der Waals surface area contributed by atoms with Crippen LogP contribution in [0.2, 0.25) is 0 Å². The Morgan fingerprint density at radius 3 is 2.90 bits per heavy atom. The normalized spacial score (nSPS) is 10.5. The highest BCUT2D eigenvalue weighted by Gasteiger charge is 2.12. The summed E-state index contributed by atoms with van der Waals surface area (Å²) in [5, 5.41) is 13.5. The van der Waals surface area contributed by atoms with Crippen LogP contribution in [0.3, 0.4) is 0 Å². The number of pyridine rings is 1. The van der Waals surface area contributed by atoms with Gasteiger partial charge in [-0.1, -0.05) is 12.1 Å². The number of nitro groups is 1. The van der Waals surface area contributed by atoms with Gasteiger partial charge in [-0.3, -0.25) is 15.1 Å². The van der Waals surface area contributed by atoms with E-state index in [9.17, 15) is 10.1 Å². The highest BCUT2D eigenvalue weighted by atomic mass is 32.1. The third-order valence-electron chi connectivity index (χ3n) is 3.12. The van der Waals surface area contributed by atoms with Crippen LogP contribution in [-0.2, 0) is 0 Å². The first-order chi connectivity index (χ1) is 10.1. The summed E-state index contributed by atoms with van der Waals surface area (Å²) < 4.78 is 0. The summed E-state index contributed by atoms with van der Waals surface area (Å²) in [5.41, 5.74) is 3.74. The zero-order valence-electron chi connectivity index (χ0n) is 11.2. The number of aromatic nitrogens is 2. The number of hydrogen-bond acceptors (Lipinski definition) is 5. The summed E-state index contributed by atoms with van der Waals surface area (Å²) in [6, 6.07) is 8.44. The molecule has 1 aromatic carbocycles. The van der Waals surface area contributed by atoms with E-state index in [4.69, 9.17) is 0 Å². The predicted octanol–water partition coefficient (Wildman–Crippen LogP) is 4.09. The van der Waals surface area contributed by atoms with Crippen LogP contribution in [0.5, 0.6) is 0 Å². The van der Waals surface area contributed by atoms with Crippen molar-refractivity contribution in [1.82, 2.24) is 9.97 Å². The van der Waals surface area contributed by atoms with Crippen molar-refractivity contribution >= 4 is 17.0 Å². The lowest BCUT2D eigenvalue weighted by molar-refractivity contribution is -0.384. The molecule has 2 heterocycles. The van der Waals surface area contributed by atoms with Crippen molar-refractivity contribution in [2.75, 3.05) is 0 Å². The maximum atomic E-state index is 10.8. The fraction of sp³-hybridized carbons (Fsp3) is 0.0667. The van der Waals surface area contributed by atoms with Gasteiger partial charge in [0.25, 0.3) is 5.69 Å². The Kier molecular flexibility index (Phi) is 3.45. The Hall–Kier alpha value is -2.60. The number of non-ortho nitro benzene ring substituents is 1. The third-order valence-corrected chi connectivity index (χ3v) is 4.01. The van der Waals surface area contributed by atoms with Crippen molar-refractivity contribution in [3.8, 4) is 21.8 Å². The fourth-order valence-corrected chi connectivity index (χ4v) is 2.83. The number of benzene rings is 1. The Morgan fingerprint density at radius 2 is 2.14 bits per heavy atom. The molecule has 104 valence electrons. The summed E-state index contributed by atoms with van der Waals surface area (Å²) in [5.74, 6) is 0. The number of thiazole rings is 1. The molecule has 5 nitrogen and oxygen atoms in total. The van der Waals surface area contributed by atoms with Gasteiger partial charge in [0, 0.05) is 41.0 Å². The van der Waals surface area contributed by atoms with Crippen LogP contribution in [0, 0.1) is 17.0 Å². The van der Waals surface area contributed by atoms with Crippen molar-refractivity contribution < 1.29 is 4.92 Å². The minimum absolute atomic E-state index is 0.0711. The topological polar surface area (TPSA) is 68.9 Å². The van der Waals surface area contributed by atoms with E-state index in [-0.39, 0.29) is 5.69 Å². The average molecular weight is 297 g/mol. The molecule has 0 aliphatic carbocycles. The van der Waals surface area contributed by atoms with E-state index in [2.05, 4.69) is 9.97 Å². The minimum atomic E-state index is -0.400. The highest BCUT2D eigenvalue weighted by Crippen LogP contribution is 2.31. The van der Waals surface area contributed by atoms with Gasteiger partial charge in [0.1, 0.15) is 5.01 Å². The van der Waals surface area contributed by atoms with E-state index in [0.717, 1.165) is 27.4 Å². The van der Waals surface area contributed by atoms with Crippen LogP contribution in [0.15, 0.2) is 48.1 Å². The molecule has 0 aliphatic rings. The van der Waals surface area contributed by atoms with Gasteiger partial charge in [0.05, 0.1) is 10.6 Å². The predicted molar refractivity (Wildman–Crippen MR) is 82.2 cm³/mol. The van der Waals surface area contributed by atoms with Gasteiger partial charge in [-0.25, -0.2) is 4.98 Å². The van der Waals surface area contributed by atoms with E-state index < -0.39 is 4.92 Å². The summed E-state index contributed by atoms with van der Waals surface area (Å²) in [4.78, 5) is 19.1. The van der Waals surface area contributed by atoms with Gasteiger partial charge in [-0.2, -0.15) is 0 Å². The van der Waals surface area contributed by atoms with Crippen molar-refractivity contribution in [1.29, 1.82) is 0 Å². The van der Waals surface area contributed by atoms with Gasteiger partial charge in [-0.05, 0) is 18.6 Å². The fourth-order valence-electron chi connectivity index (χ4n) is 2.01. The van der Waals surface area contributed by atoms with E-state index >= 15 is 0 Å². The summed E-state index contributed by atoms with van der Waals surface area (Å²) >= 11 is 1.47. The van der Waals surface area contributed by atoms with Gasteiger partial charge >= 0.3 is 0 Å². The second-order valence-corrected chi connectivity index (χ2v) is 5.39. The molecule has 6 heteroatoms. The average Bonchev–Trinajstić information content (AvgIpc) is 2.97. The molecule has 0 unspecified atom stereocenters. The monoisotopic (exact) mass is 297 g/mol. The summed E-state index contributed by atoms with van der Waals surface area (Å²) in [6.45, 7) is 2.00. The molecule has 0 fully saturated rings.